The number of fused-ring (bicyclic) bond motifs is 1. The molecule has 7 nitrogen and oxygen atoms in total. The molecule has 3 heterocycles. The molecule has 1 aliphatic rings. The Hall–Kier alpha value is -2.83. The average molecular weight is 381 g/mol. The van der Waals surface area contributed by atoms with Gasteiger partial charge in [-0.3, -0.25) is 14.3 Å². The van der Waals surface area contributed by atoms with Gasteiger partial charge in [0.1, 0.15) is 0 Å². The van der Waals surface area contributed by atoms with Crippen molar-refractivity contribution in [3.63, 3.8) is 0 Å². The van der Waals surface area contributed by atoms with Crippen LogP contribution in [0.4, 0.5) is 5.95 Å². The summed E-state index contributed by atoms with van der Waals surface area (Å²) in [4.78, 5) is 34.2. The standard InChI is InChI=1S/C21H27N5O2/c1-15-9-6-7-13-25(15)20-22-18-17(19(27)23-21(28)24(18)2)26(20)14-8-12-16-10-4-3-5-11-16/h3-5,10-11,15H,6-9,12-14H2,1-2H3,(H,23,27,28). The molecule has 0 aliphatic carbocycles. The van der Waals surface area contributed by atoms with Crippen molar-refractivity contribution in [3.05, 3.63) is 56.7 Å². The number of aromatic amines is 1. The topological polar surface area (TPSA) is 75.9 Å². The number of H-pyrrole nitrogens is 1. The van der Waals surface area contributed by atoms with Gasteiger partial charge in [0.05, 0.1) is 0 Å². The summed E-state index contributed by atoms with van der Waals surface area (Å²) in [5.41, 5.74) is 1.44. The van der Waals surface area contributed by atoms with E-state index < -0.39 is 5.69 Å². The van der Waals surface area contributed by atoms with Crippen LogP contribution in [0.25, 0.3) is 11.2 Å². The van der Waals surface area contributed by atoms with Crippen molar-refractivity contribution in [1.29, 1.82) is 0 Å². The molecule has 3 aromatic rings. The molecule has 1 N–H and O–H groups in total. The van der Waals surface area contributed by atoms with Crippen LogP contribution < -0.4 is 16.1 Å². The van der Waals surface area contributed by atoms with Crippen molar-refractivity contribution >= 4 is 17.1 Å². The number of benzene rings is 1. The van der Waals surface area contributed by atoms with E-state index in [1.807, 2.05) is 22.8 Å². The predicted octanol–water partition coefficient (Wildman–Crippen LogP) is 2.43. The fourth-order valence-electron chi connectivity index (χ4n) is 4.14. The van der Waals surface area contributed by atoms with Gasteiger partial charge >= 0.3 is 5.69 Å². The summed E-state index contributed by atoms with van der Waals surface area (Å²) >= 11 is 0. The third-order valence-corrected chi connectivity index (χ3v) is 5.74. The second-order valence-electron chi connectivity index (χ2n) is 7.68. The molecule has 1 atom stereocenters. The Labute approximate surface area is 163 Å². The maximum absolute atomic E-state index is 12.6. The molecule has 0 amide bonds. The van der Waals surface area contributed by atoms with E-state index in [2.05, 4.69) is 28.9 Å². The van der Waals surface area contributed by atoms with Gasteiger partial charge in [0.25, 0.3) is 5.56 Å². The van der Waals surface area contributed by atoms with Gasteiger partial charge in [-0.2, -0.15) is 4.98 Å². The smallest absolute Gasteiger partial charge is 0.329 e. The average Bonchev–Trinajstić information content (AvgIpc) is 3.07. The highest BCUT2D eigenvalue weighted by atomic mass is 16.2. The Morgan fingerprint density at radius 1 is 1.18 bits per heavy atom. The van der Waals surface area contributed by atoms with Crippen LogP contribution in [0.3, 0.4) is 0 Å². The Morgan fingerprint density at radius 2 is 1.96 bits per heavy atom. The third-order valence-electron chi connectivity index (χ3n) is 5.74. The second kappa shape index (κ2) is 7.66. The molecule has 0 radical (unpaired) electrons. The summed E-state index contributed by atoms with van der Waals surface area (Å²) in [6, 6.07) is 10.7. The predicted molar refractivity (Wildman–Crippen MR) is 111 cm³/mol. The van der Waals surface area contributed by atoms with Crippen LogP contribution >= 0.6 is 0 Å². The highest BCUT2D eigenvalue weighted by molar-refractivity contribution is 5.74. The fourth-order valence-corrected chi connectivity index (χ4v) is 4.14. The quantitative estimate of drug-likeness (QED) is 0.736. The van der Waals surface area contributed by atoms with Crippen LogP contribution in [-0.4, -0.2) is 31.7 Å². The minimum atomic E-state index is -0.426. The first kappa shape index (κ1) is 18.5. The van der Waals surface area contributed by atoms with Gasteiger partial charge < -0.3 is 9.47 Å². The van der Waals surface area contributed by atoms with E-state index in [1.54, 1.807) is 7.05 Å². The Bertz CT molecular complexity index is 1080. The molecule has 1 aromatic carbocycles. The molecule has 0 saturated carbocycles. The Morgan fingerprint density at radius 3 is 2.71 bits per heavy atom. The van der Waals surface area contributed by atoms with Crippen LogP contribution in [0.5, 0.6) is 0 Å². The summed E-state index contributed by atoms with van der Waals surface area (Å²) < 4.78 is 3.45. The number of imidazole rings is 1. The lowest BCUT2D eigenvalue weighted by Gasteiger charge is -2.34. The van der Waals surface area contributed by atoms with Crippen LogP contribution in [-0.2, 0) is 20.0 Å². The molecule has 28 heavy (non-hydrogen) atoms. The number of aromatic nitrogens is 4. The van der Waals surface area contributed by atoms with Gasteiger partial charge in [-0.05, 0) is 44.6 Å². The number of rotatable bonds is 5. The first-order valence-corrected chi connectivity index (χ1v) is 10.1. The number of hydrogen-bond donors (Lipinski definition) is 1. The van der Waals surface area contributed by atoms with E-state index in [0.717, 1.165) is 38.2 Å². The second-order valence-corrected chi connectivity index (χ2v) is 7.68. The van der Waals surface area contributed by atoms with E-state index in [-0.39, 0.29) is 5.56 Å². The summed E-state index contributed by atoms with van der Waals surface area (Å²) in [6.45, 7) is 3.82. The Balaban J connectivity index is 1.75. The summed E-state index contributed by atoms with van der Waals surface area (Å²) in [5.74, 6) is 0.807. The van der Waals surface area contributed by atoms with Crippen LogP contribution in [0.2, 0.25) is 0 Å². The monoisotopic (exact) mass is 381 g/mol. The van der Waals surface area contributed by atoms with E-state index in [1.165, 1.54) is 16.6 Å². The van der Waals surface area contributed by atoms with Gasteiger partial charge in [-0.15, -0.1) is 0 Å². The maximum atomic E-state index is 12.6. The van der Waals surface area contributed by atoms with Crippen molar-refractivity contribution in [2.45, 2.75) is 51.6 Å². The molecule has 2 aromatic heterocycles. The lowest BCUT2D eigenvalue weighted by Crippen LogP contribution is -2.39. The minimum absolute atomic E-state index is 0.360. The normalized spacial score (nSPS) is 17.4. The van der Waals surface area contributed by atoms with Gasteiger partial charge in [0, 0.05) is 26.2 Å². The van der Waals surface area contributed by atoms with E-state index in [9.17, 15) is 9.59 Å². The molecule has 7 heteroatoms. The first-order valence-electron chi connectivity index (χ1n) is 10.1. The molecule has 1 aliphatic heterocycles. The van der Waals surface area contributed by atoms with Crippen LogP contribution in [0.15, 0.2) is 39.9 Å². The van der Waals surface area contributed by atoms with Gasteiger partial charge in [-0.25, -0.2) is 4.79 Å². The molecule has 1 unspecified atom stereocenters. The van der Waals surface area contributed by atoms with Crippen molar-refractivity contribution in [1.82, 2.24) is 19.1 Å². The third kappa shape index (κ3) is 3.37. The van der Waals surface area contributed by atoms with E-state index in [0.29, 0.717) is 23.8 Å². The number of nitrogens with one attached hydrogen (secondary N) is 1. The van der Waals surface area contributed by atoms with Gasteiger partial charge in [-0.1, -0.05) is 30.3 Å². The zero-order valence-electron chi connectivity index (χ0n) is 16.5. The van der Waals surface area contributed by atoms with Crippen molar-refractivity contribution in [2.75, 3.05) is 11.4 Å². The number of hydrogen-bond acceptors (Lipinski definition) is 4. The molecule has 0 spiro atoms. The molecule has 1 fully saturated rings. The minimum Gasteiger partial charge on any atom is -0.339 e. The van der Waals surface area contributed by atoms with Gasteiger partial charge in [0.2, 0.25) is 5.95 Å². The molecular weight excluding hydrogens is 354 g/mol. The fraction of sp³-hybridized carbons (Fsp3) is 0.476. The number of anilines is 1. The number of piperidine rings is 1. The van der Waals surface area contributed by atoms with Crippen molar-refractivity contribution in [3.8, 4) is 0 Å². The van der Waals surface area contributed by atoms with Crippen LogP contribution in [0, 0.1) is 0 Å². The summed E-state index contributed by atoms with van der Waals surface area (Å²) in [6.07, 6.45) is 5.27. The van der Waals surface area contributed by atoms with E-state index in [4.69, 9.17) is 4.98 Å². The molecule has 148 valence electrons. The summed E-state index contributed by atoms with van der Waals surface area (Å²) in [7, 11) is 1.66. The van der Waals surface area contributed by atoms with Crippen molar-refractivity contribution < 1.29 is 0 Å². The molecule has 4 rings (SSSR count). The van der Waals surface area contributed by atoms with Crippen LogP contribution in [0.1, 0.15) is 38.2 Å². The lowest BCUT2D eigenvalue weighted by atomic mass is 10.0. The molecule has 0 bridgehead atoms. The van der Waals surface area contributed by atoms with Gasteiger partial charge in [0.15, 0.2) is 11.2 Å². The number of aryl methyl sites for hydroxylation is 3. The number of nitrogens with zero attached hydrogens (tertiary/aromatic N) is 4. The zero-order chi connectivity index (χ0) is 19.7. The summed E-state index contributed by atoms with van der Waals surface area (Å²) in [5, 5.41) is 0. The maximum Gasteiger partial charge on any atom is 0.329 e. The van der Waals surface area contributed by atoms with Crippen molar-refractivity contribution in [2.24, 2.45) is 7.05 Å². The zero-order valence-corrected chi connectivity index (χ0v) is 16.5. The molecule has 1 saturated heterocycles. The first-order chi connectivity index (χ1) is 13.6. The Kier molecular flexibility index (Phi) is 5.07. The highest BCUT2D eigenvalue weighted by Gasteiger charge is 2.26. The largest absolute Gasteiger partial charge is 0.339 e. The molecular formula is C21H27N5O2. The highest BCUT2D eigenvalue weighted by Crippen LogP contribution is 2.27. The lowest BCUT2D eigenvalue weighted by molar-refractivity contribution is 0.468. The van der Waals surface area contributed by atoms with E-state index >= 15 is 0 Å². The SMILES string of the molecule is CC1CCCCN1c1nc2c(c(=O)[nH]c(=O)n2C)n1CCCc1ccccc1.